The van der Waals surface area contributed by atoms with E-state index in [0.717, 1.165) is 19.4 Å². The molecule has 1 aliphatic rings. The molecule has 0 radical (unpaired) electrons. The summed E-state index contributed by atoms with van der Waals surface area (Å²) in [5, 5.41) is 0. The van der Waals surface area contributed by atoms with Gasteiger partial charge in [0.05, 0.1) is 18.5 Å². The number of nitrogens with one attached hydrogen (secondary N) is 1. The van der Waals surface area contributed by atoms with E-state index in [1.165, 1.54) is 0 Å². The Morgan fingerprint density at radius 1 is 1.53 bits per heavy atom. The third-order valence-corrected chi connectivity index (χ3v) is 5.06. The highest BCUT2D eigenvalue weighted by Crippen LogP contribution is 2.11. The molecule has 0 aromatic heterocycles. The molecule has 1 N–H and O–H groups in total. The van der Waals surface area contributed by atoms with E-state index < -0.39 is 10.0 Å². The molecule has 0 amide bonds. The molecule has 1 fully saturated rings. The van der Waals surface area contributed by atoms with Gasteiger partial charge in [0.15, 0.2) is 0 Å². The van der Waals surface area contributed by atoms with Crippen LogP contribution < -0.4 is 4.72 Å². The summed E-state index contributed by atoms with van der Waals surface area (Å²) in [4.78, 5) is 0. The van der Waals surface area contributed by atoms with Gasteiger partial charge in [-0.3, -0.25) is 0 Å². The van der Waals surface area contributed by atoms with Crippen LogP contribution in [0.15, 0.2) is 0 Å². The van der Waals surface area contributed by atoms with E-state index in [1.54, 1.807) is 0 Å². The monoisotopic (exact) mass is 313 g/mol. The zero-order valence-electron chi connectivity index (χ0n) is 11.4. The summed E-state index contributed by atoms with van der Waals surface area (Å²) < 4.78 is 36.7. The number of hydrogen-bond donors (Lipinski definition) is 1. The lowest BCUT2D eigenvalue weighted by molar-refractivity contribution is 0.0169. The van der Waals surface area contributed by atoms with Crippen molar-refractivity contribution in [3.8, 4) is 0 Å². The van der Waals surface area contributed by atoms with Crippen molar-refractivity contribution in [2.45, 2.75) is 32.3 Å². The Morgan fingerprint density at radius 3 is 2.95 bits per heavy atom. The van der Waals surface area contributed by atoms with Crippen LogP contribution in [0.3, 0.4) is 0 Å². The minimum absolute atomic E-state index is 0.0325. The van der Waals surface area contributed by atoms with Crippen LogP contribution in [-0.4, -0.2) is 52.5 Å². The molecule has 2 unspecified atom stereocenters. The first-order chi connectivity index (χ1) is 9.03. The van der Waals surface area contributed by atoms with Crippen molar-refractivity contribution in [3.05, 3.63) is 0 Å². The Hall–Kier alpha value is 0.120. The fourth-order valence-corrected chi connectivity index (χ4v) is 3.55. The maximum absolute atomic E-state index is 11.6. The topological polar surface area (TPSA) is 64.6 Å². The van der Waals surface area contributed by atoms with Gasteiger partial charge in [0, 0.05) is 25.6 Å². The summed E-state index contributed by atoms with van der Waals surface area (Å²) in [5.74, 6) is 0.397. The summed E-state index contributed by atoms with van der Waals surface area (Å²) in [6.07, 6.45) is 3.05. The number of sulfonamides is 1. The molecule has 1 rings (SSSR count). The third kappa shape index (κ3) is 8.09. The second-order valence-electron chi connectivity index (χ2n) is 5.00. The average molecular weight is 314 g/mol. The molecule has 1 heterocycles. The molecule has 0 aromatic rings. The lowest BCUT2D eigenvalue weighted by Crippen LogP contribution is -2.31. The Bertz CT molecular complexity index is 331. The molecule has 7 heteroatoms. The second-order valence-corrected chi connectivity index (χ2v) is 7.16. The highest BCUT2D eigenvalue weighted by molar-refractivity contribution is 7.89. The van der Waals surface area contributed by atoms with Gasteiger partial charge in [0.1, 0.15) is 0 Å². The summed E-state index contributed by atoms with van der Waals surface area (Å²) >= 11 is 5.60. The van der Waals surface area contributed by atoms with Crippen LogP contribution in [0.2, 0.25) is 0 Å². The minimum atomic E-state index is -3.21. The van der Waals surface area contributed by atoms with Gasteiger partial charge in [0.25, 0.3) is 0 Å². The number of hydrogen-bond acceptors (Lipinski definition) is 4. The van der Waals surface area contributed by atoms with Crippen molar-refractivity contribution in [1.29, 1.82) is 0 Å². The van der Waals surface area contributed by atoms with Crippen molar-refractivity contribution < 1.29 is 17.9 Å². The summed E-state index contributed by atoms with van der Waals surface area (Å²) in [6.45, 7) is 4.20. The molecular formula is C12H24ClNO4S. The zero-order chi connectivity index (χ0) is 14.1. The summed E-state index contributed by atoms with van der Waals surface area (Å²) in [5.41, 5.74) is 0. The first-order valence-electron chi connectivity index (χ1n) is 6.76. The molecule has 19 heavy (non-hydrogen) atoms. The van der Waals surface area contributed by atoms with E-state index in [-0.39, 0.29) is 17.8 Å². The highest BCUT2D eigenvalue weighted by Gasteiger charge is 2.16. The van der Waals surface area contributed by atoms with Crippen molar-refractivity contribution in [2.24, 2.45) is 5.92 Å². The van der Waals surface area contributed by atoms with Crippen molar-refractivity contribution in [2.75, 3.05) is 38.0 Å². The smallest absolute Gasteiger partial charge is 0.211 e. The fourth-order valence-electron chi connectivity index (χ4n) is 1.87. The van der Waals surface area contributed by atoms with E-state index in [0.29, 0.717) is 32.1 Å². The van der Waals surface area contributed by atoms with E-state index >= 15 is 0 Å². The number of alkyl halides is 1. The molecule has 0 spiro atoms. The van der Waals surface area contributed by atoms with Crippen LogP contribution >= 0.6 is 11.6 Å². The summed E-state index contributed by atoms with van der Waals surface area (Å²) in [6, 6.07) is 0. The molecule has 114 valence electrons. The van der Waals surface area contributed by atoms with Gasteiger partial charge in [0.2, 0.25) is 10.0 Å². The molecular weight excluding hydrogens is 290 g/mol. The van der Waals surface area contributed by atoms with Gasteiger partial charge in [-0.05, 0) is 25.2 Å². The van der Waals surface area contributed by atoms with Crippen molar-refractivity contribution in [1.82, 2.24) is 4.72 Å². The molecule has 2 atom stereocenters. The van der Waals surface area contributed by atoms with Gasteiger partial charge < -0.3 is 9.47 Å². The first kappa shape index (κ1) is 17.2. The molecule has 0 aromatic carbocycles. The Morgan fingerprint density at radius 2 is 2.32 bits per heavy atom. The lowest BCUT2D eigenvalue weighted by atomic mass is 10.2. The SMILES string of the molecule is CC(CCl)CS(=O)(=O)NCCCOCC1CCCO1. The number of rotatable bonds is 10. The Balaban J connectivity index is 2.00. The standard InChI is InChI=1S/C12H24ClNO4S/c1-11(8-13)10-19(15,16)14-5-3-6-17-9-12-4-2-7-18-12/h11-12,14H,2-10H2,1H3. The molecule has 5 nitrogen and oxygen atoms in total. The molecule has 1 aliphatic heterocycles. The highest BCUT2D eigenvalue weighted by atomic mass is 35.5. The largest absolute Gasteiger partial charge is 0.379 e. The summed E-state index contributed by atoms with van der Waals surface area (Å²) in [7, 11) is -3.21. The van der Waals surface area contributed by atoms with E-state index in [1.807, 2.05) is 6.92 Å². The van der Waals surface area contributed by atoms with Gasteiger partial charge >= 0.3 is 0 Å². The second kappa shape index (κ2) is 9.13. The molecule has 0 saturated carbocycles. The van der Waals surface area contributed by atoms with Gasteiger partial charge in [-0.25, -0.2) is 13.1 Å². The third-order valence-electron chi connectivity index (χ3n) is 2.88. The van der Waals surface area contributed by atoms with Gasteiger partial charge in [-0.1, -0.05) is 6.92 Å². The van der Waals surface area contributed by atoms with E-state index in [4.69, 9.17) is 21.1 Å². The zero-order valence-corrected chi connectivity index (χ0v) is 13.0. The van der Waals surface area contributed by atoms with Crippen molar-refractivity contribution in [3.63, 3.8) is 0 Å². The first-order valence-corrected chi connectivity index (χ1v) is 8.95. The van der Waals surface area contributed by atoms with E-state index in [9.17, 15) is 8.42 Å². The maximum Gasteiger partial charge on any atom is 0.211 e. The molecule has 0 aliphatic carbocycles. The molecule has 0 bridgehead atoms. The van der Waals surface area contributed by atoms with Crippen LogP contribution in [0.5, 0.6) is 0 Å². The molecule has 1 saturated heterocycles. The average Bonchev–Trinajstić information content (AvgIpc) is 2.86. The number of ether oxygens (including phenoxy) is 2. The van der Waals surface area contributed by atoms with Gasteiger partial charge in [-0.2, -0.15) is 0 Å². The van der Waals surface area contributed by atoms with Crippen LogP contribution in [0.4, 0.5) is 0 Å². The van der Waals surface area contributed by atoms with Crippen LogP contribution in [0.25, 0.3) is 0 Å². The maximum atomic E-state index is 11.6. The fraction of sp³-hybridized carbons (Fsp3) is 1.00. The normalized spacial score (nSPS) is 21.7. The lowest BCUT2D eigenvalue weighted by Gasteiger charge is -2.11. The quantitative estimate of drug-likeness (QED) is 0.489. The van der Waals surface area contributed by atoms with Crippen molar-refractivity contribution >= 4 is 21.6 Å². The Kier molecular flexibility index (Phi) is 8.25. The minimum Gasteiger partial charge on any atom is -0.379 e. The van der Waals surface area contributed by atoms with E-state index in [2.05, 4.69) is 4.72 Å². The Labute approximate surface area is 121 Å². The predicted molar refractivity (Wildman–Crippen MR) is 76.1 cm³/mol. The number of halogens is 1. The van der Waals surface area contributed by atoms with Gasteiger partial charge in [-0.15, -0.1) is 11.6 Å². The predicted octanol–water partition coefficient (Wildman–Crippen LogP) is 1.37. The van der Waals surface area contributed by atoms with Crippen LogP contribution in [0.1, 0.15) is 26.2 Å². The van der Waals surface area contributed by atoms with Crippen LogP contribution in [0, 0.1) is 5.92 Å². The van der Waals surface area contributed by atoms with Crippen LogP contribution in [-0.2, 0) is 19.5 Å².